The molecule has 0 aliphatic carbocycles. The Balaban J connectivity index is 3.07. The topological polar surface area (TPSA) is 9.23 Å². The standard InChI is InChI=1S/C11H12BrO/c1-4-8(2)9-5-10(12)7-11(6-9)13-3/h4-7H,1H2,2-3H3. The largest absolute Gasteiger partial charge is 0.497 e. The quantitative estimate of drug-likeness (QED) is 0.784. The molecule has 69 valence electrons. The van der Waals surface area contributed by atoms with E-state index in [1.807, 2.05) is 31.2 Å². The minimum Gasteiger partial charge on any atom is -0.497 e. The molecule has 0 aromatic heterocycles. The lowest BCUT2D eigenvalue weighted by molar-refractivity contribution is 0.414. The van der Waals surface area contributed by atoms with Gasteiger partial charge in [-0.3, -0.25) is 0 Å². The molecule has 1 aromatic carbocycles. The number of halogens is 1. The van der Waals surface area contributed by atoms with Crippen molar-refractivity contribution in [3.8, 4) is 5.75 Å². The van der Waals surface area contributed by atoms with E-state index in [0.717, 1.165) is 21.7 Å². The Morgan fingerprint density at radius 3 is 2.69 bits per heavy atom. The SMILES string of the molecule is C=C[C](C)c1cc(Br)cc(OC)c1. The van der Waals surface area contributed by atoms with Crippen LogP contribution < -0.4 is 4.74 Å². The molecule has 0 aliphatic heterocycles. The van der Waals surface area contributed by atoms with Gasteiger partial charge in [0.1, 0.15) is 5.75 Å². The van der Waals surface area contributed by atoms with Crippen molar-refractivity contribution in [1.29, 1.82) is 0 Å². The van der Waals surface area contributed by atoms with Gasteiger partial charge in [-0.25, -0.2) is 0 Å². The van der Waals surface area contributed by atoms with Gasteiger partial charge in [-0.15, -0.1) is 6.58 Å². The van der Waals surface area contributed by atoms with Gasteiger partial charge in [0, 0.05) is 10.4 Å². The normalized spacial score (nSPS) is 10.2. The zero-order valence-electron chi connectivity index (χ0n) is 7.80. The summed E-state index contributed by atoms with van der Waals surface area (Å²) in [7, 11) is 1.66. The Hall–Kier alpha value is -0.760. The molecule has 0 spiro atoms. The zero-order valence-corrected chi connectivity index (χ0v) is 9.39. The number of benzene rings is 1. The highest BCUT2D eigenvalue weighted by Crippen LogP contribution is 2.25. The maximum absolute atomic E-state index is 5.15. The second kappa shape index (κ2) is 4.47. The van der Waals surface area contributed by atoms with Gasteiger partial charge in [-0.1, -0.05) is 28.9 Å². The first kappa shape index (κ1) is 10.3. The van der Waals surface area contributed by atoms with E-state index in [4.69, 9.17) is 4.74 Å². The lowest BCUT2D eigenvalue weighted by Crippen LogP contribution is -1.91. The lowest BCUT2D eigenvalue weighted by atomic mass is 10.0. The first-order chi connectivity index (χ1) is 6.17. The van der Waals surface area contributed by atoms with Crippen LogP contribution in [0.4, 0.5) is 0 Å². The predicted molar refractivity (Wildman–Crippen MR) is 58.9 cm³/mol. The third-order valence-electron chi connectivity index (χ3n) is 1.87. The highest BCUT2D eigenvalue weighted by atomic mass is 79.9. The zero-order chi connectivity index (χ0) is 9.84. The summed E-state index contributed by atoms with van der Waals surface area (Å²) in [5.41, 5.74) is 1.13. The van der Waals surface area contributed by atoms with E-state index < -0.39 is 0 Å². The van der Waals surface area contributed by atoms with Crippen molar-refractivity contribution < 1.29 is 4.74 Å². The van der Waals surface area contributed by atoms with Crippen molar-refractivity contribution in [3.63, 3.8) is 0 Å². The summed E-state index contributed by atoms with van der Waals surface area (Å²) in [5.74, 6) is 1.99. The third kappa shape index (κ3) is 2.59. The number of ether oxygens (including phenoxy) is 1. The molecule has 1 radical (unpaired) electrons. The molecular formula is C11H12BrO. The average molecular weight is 240 g/mol. The summed E-state index contributed by atoms with van der Waals surface area (Å²) < 4.78 is 6.17. The smallest absolute Gasteiger partial charge is 0.120 e. The molecule has 13 heavy (non-hydrogen) atoms. The Morgan fingerprint density at radius 1 is 1.46 bits per heavy atom. The highest BCUT2D eigenvalue weighted by Gasteiger charge is 2.04. The number of rotatable bonds is 3. The van der Waals surface area contributed by atoms with E-state index in [0.29, 0.717) is 0 Å². The third-order valence-corrected chi connectivity index (χ3v) is 2.33. The van der Waals surface area contributed by atoms with E-state index in [1.165, 1.54) is 0 Å². The van der Waals surface area contributed by atoms with Gasteiger partial charge in [0.05, 0.1) is 7.11 Å². The molecule has 0 fully saturated rings. The summed E-state index contributed by atoms with van der Waals surface area (Å²) in [4.78, 5) is 0. The molecule has 0 N–H and O–H groups in total. The molecule has 0 saturated heterocycles. The second-order valence-electron chi connectivity index (χ2n) is 2.77. The summed E-state index contributed by atoms with van der Waals surface area (Å²) in [6, 6.07) is 5.96. The lowest BCUT2D eigenvalue weighted by Gasteiger charge is -2.08. The number of hydrogen-bond donors (Lipinski definition) is 0. The maximum Gasteiger partial charge on any atom is 0.120 e. The highest BCUT2D eigenvalue weighted by molar-refractivity contribution is 9.10. The van der Waals surface area contributed by atoms with Gasteiger partial charge in [0.25, 0.3) is 0 Å². The molecule has 1 rings (SSSR count). The van der Waals surface area contributed by atoms with Crippen LogP contribution in [0.3, 0.4) is 0 Å². The van der Waals surface area contributed by atoms with Crippen LogP contribution in [0.1, 0.15) is 12.5 Å². The first-order valence-corrected chi connectivity index (χ1v) is 4.77. The van der Waals surface area contributed by atoms with Gasteiger partial charge >= 0.3 is 0 Å². The van der Waals surface area contributed by atoms with E-state index in [-0.39, 0.29) is 0 Å². The van der Waals surface area contributed by atoms with Crippen molar-refractivity contribution in [2.75, 3.05) is 7.11 Å². The van der Waals surface area contributed by atoms with E-state index in [9.17, 15) is 0 Å². The molecule has 0 heterocycles. The average Bonchev–Trinajstić information content (AvgIpc) is 2.15. The van der Waals surface area contributed by atoms with Crippen LogP contribution in [-0.2, 0) is 0 Å². The molecule has 2 heteroatoms. The number of methoxy groups -OCH3 is 1. The molecule has 0 atom stereocenters. The molecule has 0 saturated carbocycles. The summed E-state index contributed by atoms with van der Waals surface area (Å²) in [6.45, 7) is 5.75. The summed E-state index contributed by atoms with van der Waals surface area (Å²) in [5, 5.41) is 0. The fourth-order valence-electron chi connectivity index (χ4n) is 1.03. The van der Waals surface area contributed by atoms with Gasteiger partial charge in [0.15, 0.2) is 0 Å². The van der Waals surface area contributed by atoms with Crippen LogP contribution in [0.2, 0.25) is 0 Å². The Bertz CT molecular complexity index is 307. The van der Waals surface area contributed by atoms with Crippen molar-refractivity contribution in [3.05, 3.63) is 46.8 Å². The van der Waals surface area contributed by atoms with E-state index in [2.05, 4.69) is 22.5 Å². The van der Waals surface area contributed by atoms with Crippen LogP contribution in [0.15, 0.2) is 35.3 Å². The minimum atomic E-state index is 0.852. The monoisotopic (exact) mass is 239 g/mol. The molecule has 1 aromatic rings. The Labute approximate surface area is 87.5 Å². The molecule has 0 aliphatic rings. The van der Waals surface area contributed by atoms with Crippen molar-refractivity contribution >= 4 is 15.9 Å². The van der Waals surface area contributed by atoms with Gasteiger partial charge < -0.3 is 4.74 Å². The number of hydrogen-bond acceptors (Lipinski definition) is 1. The van der Waals surface area contributed by atoms with Gasteiger partial charge in [-0.05, 0) is 23.8 Å². The fourth-order valence-corrected chi connectivity index (χ4v) is 1.50. The van der Waals surface area contributed by atoms with Crippen molar-refractivity contribution in [2.45, 2.75) is 6.92 Å². The predicted octanol–water partition coefficient (Wildman–Crippen LogP) is 3.59. The van der Waals surface area contributed by atoms with Crippen LogP contribution >= 0.6 is 15.9 Å². The molecule has 0 amide bonds. The molecule has 0 unspecified atom stereocenters. The van der Waals surface area contributed by atoms with Crippen molar-refractivity contribution in [2.24, 2.45) is 0 Å². The van der Waals surface area contributed by atoms with Crippen LogP contribution in [0.25, 0.3) is 0 Å². The molecule has 0 bridgehead atoms. The Morgan fingerprint density at radius 2 is 2.15 bits per heavy atom. The van der Waals surface area contributed by atoms with E-state index in [1.54, 1.807) is 7.11 Å². The Kier molecular flexibility index (Phi) is 3.55. The van der Waals surface area contributed by atoms with Crippen LogP contribution in [0, 0.1) is 5.92 Å². The number of allylic oxidation sites excluding steroid dienone is 1. The second-order valence-corrected chi connectivity index (χ2v) is 3.68. The van der Waals surface area contributed by atoms with Crippen LogP contribution in [0.5, 0.6) is 5.75 Å². The summed E-state index contributed by atoms with van der Waals surface area (Å²) in [6.07, 6.45) is 1.83. The molecule has 1 nitrogen and oxygen atoms in total. The fraction of sp³-hybridized carbons (Fsp3) is 0.182. The minimum absolute atomic E-state index is 0.852. The van der Waals surface area contributed by atoms with E-state index >= 15 is 0 Å². The first-order valence-electron chi connectivity index (χ1n) is 3.98. The summed E-state index contributed by atoms with van der Waals surface area (Å²) >= 11 is 3.42. The molecular weight excluding hydrogens is 228 g/mol. The van der Waals surface area contributed by atoms with Gasteiger partial charge in [0.2, 0.25) is 0 Å². The van der Waals surface area contributed by atoms with Crippen molar-refractivity contribution in [1.82, 2.24) is 0 Å². The maximum atomic E-state index is 5.15. The van der Waals surface area contributed by atoms with Crippen LogP contribution in [-0.4, -0.2) is 7.11 Å². The van der Waals surface area contributed by atoms with Gasteiger partial charge in [-0.2, -0.15) is 0 Å².